The quantitative estimate of drug-likeness (QED) is 0.0420. The minimum atomic E-state index is -0.875. The zero-order valence-electron chi connectivity index (χ0n) is 44.1. The summed E-state index contributed by atoms with van der Waals surface area (Å²) in [5.41, 5.74) is 0. The van der Waals surface area contributed by atoms with E-state index >= 15 is 0 Å². The first-order valence-electron chi connectivity index (χ1n) is 28.6. The molecule has 0 heterocycles. The maximum atomic E-state index is 12.5. The summed E-state index contributed by atoms with van der Waals surface area (Å²) in [5.74, 6) is -0.0790. The predicted molar refractivity (Wildman–Crippen MR) is 299 cm³/mol. The van der Waals surface area contributed by atoms with E-state index in [4.69, 9.17) is 0 Å². The average Bonchev–Trinajstić information content (AvgIpc) is 3.33. The zero-order chi connectivity index (χ0) is 48.5. The molecule has 0 radical (unpaired) electrons. The predicted octanol–water partition coefficient (Wildman–Crippen LogP) is 19.1. The first kappa shape index (κ1) is 64.0. The third kappa shape index (κ3) is 53.9. The number of nitrogens with one attached hydrogen (secondary N) is 1. The van der Waals surface area contributed by atoms with Crippen LogP contribution in [0.1, 0.15) is 264 Å². The normalized spacial score (nSPS) is 13.7. The lowest BCUT2D eigenvalue weighted by Gasteiger charge is -2.19. The number of unbranched alkanes of at least 4 members (excludes halogenated alkanes) is 28. The van der Waals surface area contributed by atoms with Crippen LogP contribution in [0.4, 0.5) is 0 Å². The second kappa shape index (κ2) is 57.4. The minimum Gasteiger partial charge on any atom is -0.394 e. The Morgan fingerprint density at radius 2 is 0.672 bits per heavy atom. The third-order valence-electron chi connectivity index (χ3n) is 12.5. The molecule has 0 aliphatic carbocycles. The van der Waals surface area contributed by atoms with Crippen molar-refractivity contribution in [1.82, 2.24) is 5.32 Å². The Balaban J connectivity index is 3.53. The van der Waals surface area contributed by atoms with Gasteiger partial charge in [0.05, 0.1) is 18.8 Å². The molecule has 0 aliphatic heterocycles. The molecule has 384 valence electrons. The van der Waals surface area contributed by atoms with Crippen molar-refractivity contribution >= 4 is 5.91 Å². The highest BCUT2D eigenvalue weighted by Gasteiger charge is 2.17. The molecule has 0 spiro atoms. The van der Waals surface area contributed by atoms with Crippen LogP contribution in [0.25, 0.3) is 0 Å². The lowest BCUT2D eigenvalue weighted by atomic mass is 10.0. The fourth-order valence-electron chi connectivity index (χ4n) is 8.16. The molecule has 0 bridgehead atoms. The van der Waals surface area contributed by atoms with Crippen molar-refractivity contribution < 1.29 is 15.0 Å². The monoisotopic (exact) mass is 928 g/mol. The number of allylic oxidation sites excluding steroid dienone is 17. The van der Waals surface area contributed by atoms with Crippen LogP contribution in [-0.4, -0.2) is 34.9 Å². The van der Waals surface area contributed by atoms with Crippen LogP contribution >= 0.6 is 0 Å². The number of hydrogen-bond donors (Lipinski definition) is 3. The van der Waals surface area contributed by atoms with Crippen molar-refractivity contribution in [3.63, 3.8) is 0 Å². The molecule has 67 heavy (non-hydrogen) atoms. The maximum Gasteiger partial charge on any atom is 0.220 e. The van der Waals surface area contributed by atoms with Gasteiger partial charge in [-0.15, -0.1) is 0 Å². The summed E-state index contributed by atoms with van der Waals surface area (Å²) < 4.78 is 0. The SMILES string of the molecule is CC/C=C\C/C=C\C/C=C\C/C=C\C/C=C\C/C=C\CCCCCCCCCCCCCCCCCCCCC(=O)NC(CO)C(O)/C=C/CC/C=C/CC/C=C/CCCCCCCCCC. The molecule has 0 aromatic heterocycles. The van der Waals surface area contributed by atoms with Gasteiger partial charge in [0.2, 0.25) is 5.91 Å². The van der Waals surface area contributed by atoms with Gasteiger partial charge in [-0.3, -0.25) is 4.79 Å². The van der Waals surface area contributed by atoms with Crippen LogP contribution in [0.3, 0.4) is 0 Å². The Hall–Kier alpha value is -2.95. The van der Waals surface area contributed by atoms with E-state index in [1.165, 1.54) is 167 Å². The van der Waals surface area contributed by atoms with Crippen molar-refractivity contribution in [2.24, 2.45) is 0 Å². The van der Waals surface area contributed by atoms with E-state index in [0.717, 1.165) is 77.0 Å². The summed E-state index contributed by atoms with van der Waals surface area (Å²) in [6.45, 7) is 4.18. The molecule has 0 aromatic rings. The molecule has 0 fully saturated rings. The van der Waals surface area contributed by atoms with E-state index in [1.54, 1.807) is 6.08 Å². The average molecular weight is 929 g/mol. The number of rotatable bonds is 51. The highest BCUT2D eigenvalue weighted by molar-refractivity contribution is 5.76. The Morgan fingerprint density at radius 1 is 0.373 bits per heavy atom. The number of amides is 1. The van der Waals surface area contributed by atoms with E-state index < -0.39 is 12.1 Å². The molecular formula is C63H109NO3. The van der Waals surface area contributed by atoms with Crippen LogP contribution in [0.2, 0.25) is 0 Å². The van der Waals surface area contributed by atoms with E-state index in [2.05, 4.69) is 116 Å². The molecule has 2 atom stereocenters. The van der Waals surface area contributed by atoms with Crippen molar-refractivity contribution in [3.8, 4) is 0 Å². The van der Waals surface area contributed by atoms with Crippen molar-refractivity contribution in [2.45, 2.75) is 276 Å². The summed E-state index contributed by atoms with van der Waals surface area (Å²) in [4.78, 5) is 12.5. The van der Waals surface area contributed by atoms with Gasteiger partial charge in [-0.1, -0.05) is 271 Å². The van der Waals surface area contributed by atoms with Crippen molar-refractivity contribution in [3.05, 3.63) is 109 Å². The van der Waals surface area contributed by atoms with Gasteiger partial charge in [0.15, 0.2) is 0 Å². The van der Waals surface area contributed by atoms with Crippen molar-refractivity contribution in [2.75, 3.05) is 6.61 Å². The van der Waals surface area contributed by atoms with Gasteiger partial charge in [0.25, 0.3) is 0 Å². The number of aliphatic hydroxyl groups is 2. The smallest absolute Gasteiger partial charge is 0.220 e. The van der Waals surface area contributed by atoms with Gasteiger partial charge in [-0.2, -0.15) is 0 Å². The Morgan fingerprint density at radius 3 is 1.04 bits per heavy atom. The Kier molecular flexibility index (Phi) is 54.8. The molecule has 0 saturated heterocycles. The summed E-state index contributed by atoms with van der Waals surface area (Å²) in [5, 5.41) is 23.1. The van der Waals surface area contributed by atoms with Crippen LogP contribution < -0.4 is 5.32 Å². The van der Waals surface area contributed by atoms with E-state index in [-0.39, 0.29) is 12.5 Å². The third-order valence-corrected chi connectivity index (χ3v) is 12.5. The van der Waals surface area contributed by atoms with E-state index in [9.17, 15) is 15.0 Å². The molecule has 3 N–H and O–H groups in total. The lowest BCUT2D eigenvalue weighted by Crippen LogP contribution is -2.45. The standard InChI is InChI=1S/C63H109NO3/c1-3-5-7-9-11-13-15-17-19-21-23-24-25-26-27-28-29-30-31-32-33-34-35-36-37-38-39-40-41-43-45-47-49-51-53-55-57-59-63(67)64-61(60-65)62(66)58-56-54-52-50-48-46-44-42-22-20-18-16-14-12-10-8-6-4-2/h5,7,11,13,17,19,22-24,26-27,29-30,42,48,50,56,58,61-62,65-66H,3-4,6,8-10,12,14-16,18,20-21,25,28,31-41,43-47,49,51-55,57,59-60H2,1-2H3,(H,64,67)/b7-5-,13-11-,19-17-,24-23-,27-26-,30-29-,42-22+,50-48+,58-56+. The van der Waals surface area contributed by atoms with Crippen molar-refractivity contribution in [1.29, 1.82) is 0 Å². The first-order valence-corrected chi connectivity index (χ1v) is 28.6. The topological polar surface area (TPSA) is 69.6 Å². The summed E-state index contributed by atoms with van der Waals surface area (Å²) in [6.07, 6.45) is 86.8. The summed E-state index contributed by atoms with van der Waals surface area (Å²) in [6, 6.07) is -0.650. The molecule has 4 nitrogen and oxygen atoms in total. The Bertz CT molecular complexity index is 1280. The van der Waals surface area contributed by atoms with E-state index in [1.807, 2.05) is 6.08 Å². The molecule has 0 rings (SSSR count). The van der Waals surface area contributed by atoms with Gasteiger partial charge in [0.1, 0.15) is 0 Å². The second-order valence-corrected chi connectivity index (χ2v) is 19.0. The fraction of sp³-hybridized carbons (Fsp3) is 0.698. The maximum absolute atomic E-state index is 12.5. The van der Waals surface area contributed by atoms with Gasteiger partial charge in [-0.05, 0) is 96.3 Å². The lowest BCUT2D eigenvalue weighted by molar-refractivity contribution is -0.123. The molecule has 0 saturated carbocycles. The highest BCUT2D eigenvalue weighted by atomic mass is 16.3. The second-order valence-electron chi connectivity index (χ2n) is 19.0. The molecule has 0 aromatic carbocycles. The van der Waals surface area contributed by atoms with Crippen LogP contribution in [0.5, 0.6) is 0 Å². The fourth-order valence-corrected chi connectivity index (χ4v) is 8.16. The summed E-state index contributed by atoms with van der Waals surface area (Å²) in [7, 11) is 0. The molecule has 4 heteroatoms. The van der Waals surface area contributed by atoms with Gasteiger partial charge in [0, 0.05) is 6.42 Å². The molecule has 1 amide bonds. The van der Waals surface area contributed by atoms with E-state index in [0.29, 0.717) is 6.42 Å². The number of carbonyl (C=O) groups excluding carboxylic acids is 1. The summed E-state index contributed by atoms with van der Waals surface area (Å²) >= 11 is 0. The van der Waals surface area contributed by atoms with Crippen LogP contribution in [-0.2, 0) is 4.79 Å². The van der Waals surface area contributed by atoms with Gasteiger partial charge < -0.3 is 15.5 Å². The molecule has 2 unspecified atom stereocenters. The number of aliphatic hydroxyl groups excluding tert-OH is 2. The Labute approximate surface area is 416 Å². The molecule has 0 aliphatic rings. The number of hydrogen-bond acceptors (Lipinski definition) is 3. The van der Waals surface area contributed by atoms with Gasteiger partial charge in [-0.25, -0.2) is 0 Å². The molecular weight excluding hydrogens is 819 g/mol. The van der Waals surface area contributed by atoms with Gasteiger partial charge >= 0.3 is 0 Å². The van der Waals surface area contributed by atoms with Crippen LogP contribution in [0, 0.1) is 0 Å². The minimum absolute atomic E-state index is 0.0790. The first-order chi connectivity index (χ1) is 33.2. The zero-order valence-corrected chi connectivity index (χ0v) is 44.1. The number of carbonyl (C=O) groups is 1. The highest BCUT2D eigenvalue weighted by Crippen LogP contribution is 2.16. The largest absolute Gasteiger partial charge is 0.394 e. The van der Waals surface area contributed by atoms with Crippen LogP contribution in [0.15, 0.2) is 109 Å².